The third-order valence-corrected chi connectivity index (χ3v) is 7.34. The molecule has 1 aliphatic heterocycles. The van der Waals surface area contributed by atoms with Gasteiger partial charge in [0.2, 0.25) is 10.0 Å². The van der Waals surface area contributed by atoms with Gasteiger partial charge in [0.1, 0.15) is 0 Å². The van der Waals surface area contributed by atoms with Crippen molar-refractivity contribution in [2.45, 2.75) is 11.4 Å². The lowest BCUT2D eigenvalue weighted by Gasteiger charge is -2.26. The lowest BCUT2D eigenvalue weighted by Crippen LogP contribution is -2.40. The molecule has 7 heteroatoms. The molecule has 1 saturated heterocycles. The second kappa shape index (κ2) is 10.0. The van der Waals surface area contributed by atoms with Gasteiger partial charge in [0.25, 0.3) is 5.91 Å². The Hall–Kier alpha value is -3.44. The maximum Gasteiger partial charge on any atom is 0.258 e. The first-order chi connectivity index (χ1) is 16.0. The van der Waals surface area contributed by atoms with E-state index in [2.05, 4.69) is 5.92 Å². The monoisotopic (exact) mass is 460 g/mol. The second-order valence-corrected chi connectivity index (χ2v) is 9.55. The van der Waals surface area contributed by atoms with E-state index in [0.29, 0.717) is 44.1 Å². The smallest absolute Gasteiger partial charge is 0.258 e. The number of rotatable bonds is 6. The van der Waals surface area contributed by atoms with Gasteiger partial charge in [0.05, 0.1) is 24.7 Å². The summed E-state index contributed by atoms with van der Waals surface area (Å²) < 4.78 is 32.9. The summed E-state index contributed by atoms with van der Waals surface area (Å²) in [6, 6.07) is 23.0. The number of morpholine rings is 1. The van der Waals surface area contributed by atoms with Crippen molar-refractivity contribution in [3.05, 3.63) is 95.6 Å². The molecule has 33 heavy (non-hydrogen) atoms. The number of carbonyl (C=O) groups is 1. The third kappa shape index (κ3) is 5.15. The molecule has 3 aromatic rings. The first-order valence-electron chi connectivity index (χ1n) is 10.6. The van der Waals surface area contributed by atoms with Crippen molar-refractivity contribution >= 4 is 21.6 Å². The lowest BCUT2D eigenvalue weighted by molar-refractivity contribution is 0.0730. The molecule has 0 aliphatic carbocycles. The van der Waals surface area contributed by atoms with Crippen LogP contribution in [-0.4, -0.2) is 44.9 Å². The number of anilines is 1. The van der Waals surface area contributed by atoms with Crippen LogP contribution < -0.4 is 4.90 Å². The van der Waals surface area contributed by atoms with E-state index in [-0.39, 0.29) is 16.4 Å². The molecule has 0 atom stereocenters. The minimum Gasteiger partial charge on any atom is -0.379 e. The number of terminal acetylenes is 1. The van der Waals surface area contributed by atoms with E-state index >= 15 is 0 Å². The Morgan fingerprint density at radius 2 is 1.70 bits per heavy atom. The predicted molar refractivity (Wildman–Crippen MR) is 127 cm³/mol. The van der Waals surface area contributed by atoms with Crippen LogP contribution in [0.4, 0.5) is 5.69 Å². The van der Waals surface area contributed by atoms with Crippen molar-refractivity contribution < 1.29 is 17.9 Å². The molecule has 3 aromatic carbocycles. The molecular weight excluding hydrogens is 436 g/mol. The average Bonchev–Trinajstić information content (AvgIpc) is 2.88. The summed E-state index contributed by atoms with van der Waals surface area (Å²) in [4.78, 5) is 15.3. The van der Waals surface area contributed by atoms with Crippen molar-refractivity contribution in [2.24, 2.45) is 0 Å². The van der Waals surface area contributed by atoms with Crippen molar-refractivity contribution in [3.63, 3.8) is 0 Å². The van der Waals surface area contributed by atoms with Crippen molar-refractivity contribution in [1.82, 2.24) is 4.31 Å². The molecule has 6 nitrogen and oxygen atoms in total. The van der Waals surface area contributed by atoms with E-state index in [1.807, 2.05) is 36.4 Å². The zero-order valence-corrected chi connectivity index (χ0v) is 18.9. The summed E-state index contributed by atoms with van der Waals surface area (Å²) >= 11 is 0. The zero-order chi connectivity index (χ0) is 23.3. The molecule has 1 aliphatic rings. The van der Waals surface area contributed by atoms with Gasteiger partial charge in [-0.2, -0.15) is 4.31 Å². The minimum atomic E-state index is -3.72. The molecule has 0 saturated carbocycles. The van der Waals surface area contributed by atoms with Crippen LogP contribution in [-0.2, 0) is 21.3 Å². The van der Waals surface area contributed by atoms with E-state index in [1.165, 1.54) is 16.4 Å². The Kier molecular flexibility index (Phi) is 6.90. The summed E-state index contributed by atoms with van der Waals surface area (Å²) in [7, 11) is -3.72. The fraction of sp³-hybridized carbons (Fsp3) is 0.192. The Morgan fingerprint density at radius 1 is 0.970 bits per heavy atom. The van der Waals surface area contributed by atoms with Gasteiger partial charge in [0.15, 0.2) is 0 Å². The number of nitrogens with zero attached hydrogens (tertiary/aromatic N) is 2. The molecule has 0 spiro atoms. The molecule has 0 aromatic heterocycles. The molecule has 4 rings (SSSR count). The van der Waals surface area contributed by atoms with Crippen molar-refractivity contribution in [2.75, 3.05) is 31.2 Å². The van der Waals surface area contributed by atoms with Crippen molar-refractivity contribution in [3.8, 4) is 12.3 Å². The Morgan fingerprint density at radius 3 is 2.42 bits per heavy atom. The number of sulfonamides is 1. The predicted octanol–water partition coefficient (Wildman–Crippen LogP) is 3.54. The summed E-state index contributed by atoms with van der Waals surface area (Å²) in [5.74, 6) is 2.28. The van der Waals surface area contributed by atoms with Gasteiger partial charge in [-0.05, 0) is 42.0 Å². The molecule has 1 fully saturated rings. The second-order valence-electron chi connectivity index (χ2n) is 7.62. The van der Waals surface area contributed by atoms with Crippen LogP contribution in [0, 0.1) is 12.3 Å². The SMILES string of the molecule is C#Cc1cccc(N(Cc2ccccc2)C(=O)c2cccc(S(=O)(=O)N3CCOCC3)c2)c1. The maximum atomic E-state index is 13.7. The Labute approximate surface area is 194 Å². The molecule has 168 valence electrons. The molecule has 0 unspecified atom stereocenters. The van der Waals surface area contributed by atoms with Gasteiger partial charge >= 0.3 is 0 Å². The van der Waals surface area contributed by atoms with E-state index < -0.39 is 10.0 Å². The number of carbonyl (C=O) groups excluding carboxylic acids is 1. The van der Waals surface area contributed by atoms with Gasteiger partial charge in [-0.25, -0.2) is 8.42 Å². The number of benzene rings is 3. The Bertz CT molecular complexity index is 1280. The first-order valence-corrected chi connectivity index (χ1v) is 12.0. The fourth-order valence-electron chi connectivity index (χ4n) is 3.69. The average molecular weight is 461 g/mol. The van der Waals surface area contributed by atoms with Crippen LogP contribution in [0.2, 0.25) is 0 Å². The highest BCUT2D eigenvalue weighted by Gasteiger charge is 2.28. The van der Waals surface area contributed by atoms with Gasteiger partial charge in [-0.15, -0.1) is 6.42 Å². The maximum absolute atomic E-state index is 13.7. The number of ether oxygens (including phenoxy) is 1. The zero-order valence-electron chi connectivity index (χ0n) is 18.1. The number of hydrogen-bond acceptors (Lipinski definition) is 4. The first kappa shape index (κ1) is 22.7. The third-order valence-electron chi connectivity index (χ3n) is 5.44. The van der Waals surface area contributed by atoms with Crippen LogP contribution in [0.25, 0.3) is 0 Å². The number of amides is 1. The van der Waals surface area contributed by atoms with Crippen LogP contribution >= 0.6 is 0 Å². The summed E-state index contributed by atoms with van der Waals surface area (Å²) in [5, 5.41) is 0. The van der Waals surface area contributed by atoms with Crippen LogP contribution in [0.5, 0.6) is 0 Å². The highest BCUT2D eigenvalue weighted by molar-refractivity contribution is 7.89. The van der Waals surface area contributed by atoms with Gasteiger partial charge in [-0.3, -0.25) is 4.79 Å². The normalized spacial score (nSPS) is 14.4. The topological polar surface area (TPSA) is 66.9 Å². The van der Waals surface area contributed by atoms with Crippen LogP contribution in [0.3, 0.4) is 0 Å². The molecule has 0 bridgehead atoms. The molecule has 0 radical (unpaired) electrons. The minimum absolute atomic E-state index is 0.0901. The molecule has 1 amide bonds. The molecule has 1 heterocycles. The molecular formula is C26H24N2O4S. The largest absolute Gasteiger partial charge is 0.379 e. The van der Waals surface area contributed by atoms with E-state index in [1.54, 1.807) is 35.2 Å². The quantitative estimate of drug-likeness (QED) is 0.528. The Balaban J connectivity index is 1.70. The van der Waals surface area contributed by atoms with E-state index in [0.717, 1.165) is 5.56 Å². The van der Waals surface area contributed by atoms with E-state index in [9.17, 15) is 13.2 Å². The fourth-order valence-corrected chi connectivity index (χ4v) is 5.15. The van der Waals surface area contributed by atoms with Gasteiger partial charge in [0, 0.05) is 29.9 Å². The summed E-state index contributed by atoms with van der Waals surface area (Å²) in [6.07, 6.45) is 5.56. The highest BCUT2D eigenvalue weighted by atomic mass is 32.2. The van der Waals surface area contributed by atoms with Crippen molar-refractivity contribution in [1.29, 1.82) is 0 Å². The highest BCUT2D eigenvalue weighted by Crippen LogP contribution is 2.24. The van der Waals surface area contributed by atoms with Crippen LogP contribution in [0.1, 0.15) is 21.5 Å². The summed E-state index contributed by atoms with van der Waals surface area (Å²) in [5.41, 5.74) is 2.52. The molecule has 0 N–H and O–H groups in total. The van der Waals surface area contributed by atoms with Crippen LogP contribution in [0.15, 0.2) is 83.8 Å². The van der Waals surface area contributed by atoms with Gasteiger partial charge in [-0.1, -0.05) is 48.4 Å². The van der Waals surface area contributed by atoms with E-state index in [4.69, 9.17) is 11.2 Å². The standard InChI is InChI=1S/C26H24N2O4S/c1-2-21-10-6-12-24(18-21)28(20-22-8-4-3-5-9-22)26(29)23-11-7-13-25(19-23)33(30,31)27-14-16-32-17-15-27/h1,3-13,18-19H,14-17,20H2. The summed E-state index contributed by atoms with van der Waals surface area (Å²) in [6.45, 7) is 1.61. The number of hydrogen-bond donors (Lipinski definition) is 0. The van der Waals surface area contributed by atoms with Gasteiger partial charge < -0.3 is 9.64 Å². The lowest BCUT2D eigenvalue weighted by atomic mass is 10.1.